The Labute approximate surface area is 180 Å². The summed E-state index contributed by atoms with van der Waals surface area (Å²) in [4.78, 5) is 15.7. The van der Waals surface area contributed by atoms with Gasteiger partial charge in [0.15, 0.2) is 0 Å². The number of rotatable bonds is 9. The monoisotopic (exact) mass is 426 g/mol. The number of nitrogens with zero attached hydrogens (tertiary/aromatic N) is 3. The molecular weight excluding hydrogens is 400 g/mol. The van der Waals surface area contributed by atoms with Gasteiger partial charge >= 0.3 is 0 Å². The molecule has 30 heavy (non-hydrogen) atoms. The lowest BCUT2D eigenvalue weighted by Gasteiger charge is -2.27. The highest BCUT2D eigenvalue weighted by Gasteiger charge is 2.23. The van der Waals surface area contributed by atoms with Crippen LogP contribution in [0.3, 0.4) is 0 Å². The second-order valence-electron chi connectivity index (χ2n) is 7.39. The van der Waals surface area contributed by atoms with Gasteiger partial charge in [-0.25, -0.2) is 0 Å². The molecule has 8 heteroatoms. The van der Waals surface area contributed by atoms with Crippen LogP contribution in [0.1, 0.15) is 35.9 Å². The predicted octanol–water partition coefficient (Wildman–Crippen LogP) is 3.44. The van der Waals surface area contributed by atoms with Gasteiger partial charge in [0.2, 0.25) is 11.8 Å². The smallest absolute Gasteiger partial charge is 0.257 e. The molecular formula is C22H26N4O3S. The van der Waals surface area contributed by atoms with Crippen LogP contribution < -0.4 is 5.32 Å². The number of nitrogens with one attached hydrogen (secondary N) is 1. The Bertz CT molecular complexity index is 957. The Hall–Kier alpha value is -2.55. The Morgan fingerprint density at radius 3 is 3.03 bits per heavy atom. The minimum Gasteiger partial charge on any atom is -0.419 e. The first-order chi connectivity index (χ1) is 14.7. The third-order valence-corrected chi connectivity index (χ3v) is 6.10. The number of carbonyl (C=O) groups is 1. The van der Waals surface area contributed by atoms with E-state index in [0.29, 0.717) is 31.5 Å². The normalized spacial score (nSPS) is 15.9. The third-order valence-electron chi connectivity index (χ3n) is 5.24. The third kappa shape index (κ3) is 5.13. The molecule has 4 rings (SSSR count). The van der Waals surface area contributed by atoms with E-state index < -0.39 is 0 Å². The van der Waals surface area contributed by atoms with Gasteiger partial charge < -0.3 is 14.5 Å². The van der Waals surface area contributed by atoms with Gasteiger partial charge in [-0.05, 0) is 41.8 Å². The maximum Gasteiger partial charge on any atom is 0.257 e. The molecule has 7 nitrogen and oxygen atoms in total. The molecule has 0 saturated carbocycles. The molecule has 1 atom stereocenters. The van der Waals surface area contributed by atoms with Gasteiger partial charge in [0.25, 0.3) is 5.89 Å². The average molecular weight is 427 g/mol. The maximum atomic E-state index is 12.8. The molecule has 1 aliphatic carbocycles. The Balaban J connectivity index is 1.39. The molecule has 0 saturated heterocycles. The number of fused-ring (bicyclic) bond motifs is 1. The van der Waals surface area contributed by atoms with Crippen LogP contribution in [0.2, 0.25) is 0 Å². The number of methoxy groups -OCH3 is 1. The number of ether oxygens (including phenoxy) is 1. The summed E-state index contributed by atoms with van der Waals surface area (Å²) in [6.07, 6.45) is 3.13. The fourth-order valence-corrected chi connectivity index (χ4v) is 4.43. The highest BCUT2D eigenvalue weighted by Crippen LogP contribution is 2.29. The zero-order chi connectivity index (χ0) is 20.8. The van der Waals surface area contributed by atoms with Gasteiger partial charge in [-0.15, -0.1) is 21.5 Å². The summed E-state index contributed by atoms with van der Waals surface area (Å²) in [5.74, 6) is 0.992. The van der Waals surface area contributed by atoms with E-state index in [4.69, 9.17) is 9.15 Å². The molecule has 158 valence electrons. The second-order valence-corrected chi connectivity index (χ2v) is 8.34. The molecule has 0 fully saturated rings. The van der Waals surface area contributed by atoms with Crippen molar-refractivity contribution in [2.45, 2.75) is 31.8 Å². The van der Waals surface area contributed by atoms with Crippen LogP contribution in [-0.4, -0.2) is 47.8 Å². The molecule has 1 aromatic carbocycles. The highest BCUT2D eigenvalue weighted by molar-refractivity contribution is 7.13. The predicted molar refractivity (Wildman–Crippen MR) is 115 cm³/mol. The molecule has 0 aliphatic heterocycles. The lowest BCUT2D eigenvalue weighted by molar-refractivity contribution is -0.123. The summed E-state index contributed by atoms with van der Waals surface area (Å²) >= 11 is 1.55. The number of aromatic nitrogens is 2. The van der Waals surface area contributed by atoms with E-state index in [9.17, 15) is 4.79 Å². The maximum absolute atomic E-state index is 12.8. The zero-order valence-electron chi connectivity index (χ0n) is 17.0. The molecule has 0 bridgehead atoms. The Morgan fingerprint density at radius 2 is 2.20 bits per heavy atom. The summed E-state index contributed by atoms with van der Waals surface area (Å²) in [7, 11) is 1.65. The number of amides is 1. The first-order valence-electron chi connectivity index (χ1n) is 10.2. The van der Waals surface area contributed by atoms with Crippen LogP contribution in [0.25, 0.3) is 10.8 Å². The van der Waals surface area contributed by atoms with Crippen molar-refractivity contribution in [1.29, 1.82) is 0 Å². The SMILES string of the molecule is COCCN(CC(=O)NC1CCCc2ccccc21)Cc1nnc(-c2cccs2)o1. The molecule has 2 aromatic heterocycles. The topological polar surface area (TPSA) is 80.5 Å². The summed E-state index contributed by atoms with van der Waals surface area (Å²) in [6.45, 7) is 1.77. The van der Waals surface area contributed by atoms with Gasteiger partial charge in [0, 0.05) is 13.7 Å². The van der Waals surface area contributed by atoms with Gasteiger partial charge in [-0.2, -0.15) is 0 Å². The van der Waals surface area contributed by atoms with Crippen molar-refractivity contribution < 1.29 is 13.9 Å². The molecule has 1 N–H and O–H groups in total. The van der Waals surface area contributed by atoms with Crippen LogP contribution in [0.4, 0.5) is 0 Å². The summed E-state index contributed by atoms with van der Waals surface area (Å²) < 4.78 is 11.0. The summed E-state index contributed by atoms with van der Waals surface area (Å²) in [6, 6.07) is 12.3. The molecule has 1 aliphatic rings. The first kappa shape index (κ1) is 20.7. The summed E-state index contributed by atoms with van der Waals surface area (Å²) in [5.41, 5.74) is 2.57. The van der Waals surface area contributed by atoms with Gasteiger partial charge in [-0.1, -0.05) is 30.3 Å². The number of hydrogen-bond donors (Lipinski definition) is 1. The van der Waals surface area contributed by atoms with Gasteiger partial charge in [-0.3, -0.25) is 9.69 Å². The van der Waals surface area contributed by atoms with Crippen LogP contribution in [-0.2, 0) is 22.5 Å². The molecule has 3 aromatic rings. The number of hydrogen-bond acceptors (Lipinski definition) is 7. The molecule has 2 heterocycles. The van der Waals surface area contributed by atoms with E-state index in [1.54, 1.807) is 18.4 Å². The van der Waals surface area contributed by atoms with Crippen LogP contribution in [0.5, 0.6) is 0 Å². The van der Waals surface area contributed by atoms with E-state index in [1.807, 2.05) is 28.5 Å². The van der Waals surface area contributed by atoms with E-state index in [2.05, 4.69) is 33.7 Å². The molecule has 1 amide bonds. The quantitative estimate of drug-likeness (QED) is 0.565. The fourth-order valence-electron chi connectivity index (χ4n) is 3.79. The van der Waals surface area contributed by atoms with Gasteiger partial charge in [0.05, 0.1) is 30.6 Å². The first-order valence-corrected chi connectivity index (χ1v) is 11.1. The minimum atomic E-state index is -0.00852. The highest BCUT2D eigenvalue weighted by atomic mass is 32.1. The van der Waals surface area contributed by atoms with Crippen LogP contribution >= 0.6 is 11.3 Å². The van der Waals surface area contributed by atoms with Crippen molar-refractivity contribution >= 4 is 17.2 Å². The molecule has 0 spiro atoms. The van der Waals surface area contributed by atoms with Crippen molar-refractivity contribution in [3.8, 4) is 10.8 Å². The largest absolute Gasteiger partial charge is 0.419 e. The second kappa shape index (κ2) is 9.97. The number of carbonyl (C=O) groups excluding carboxylic acids is 1. The van der Waals surface area contributed by atoms with Crippen LogP contribution in [0, 0.1) is 0 Å². The van der Waals surface area contributed by atoms with Crippen molar-refractivity contribution in [2.75, 3.05) is 26.8 Å². The van der Waals surface area contributed by atoms with Crippen molar-refractivity contribution in [2.24, 2.45) is 0 Å². The summed E-state index contributed by atoms with van der Waals surface area (Å²) in [5, 5.41) is 13.5. The van der Waals surface area contributed by atoms with Crippen molar-refractivity contribution in [1.82, 2.24) is 20.4 Å². The lowest BCUT2D eigenvalue weighted by atomic mass is 9.88. The number of thiophene rings is 1. The number of aryl methyl sites for hydroxylation is 1. The van der Waals surface area contributed by atoms with Crippen molar-refractivity contribution in [3.05, 3.63) is 58.8 Å². The van der Waals surface area contributed by atoms with E-state index in [1.165, 1.54) is 11.1 Å². The van der Waals surface area contributed by atoms with Gasteiger partial charge in [0.1, 0.15) is 0 Å². The Kier molecular flexibility index (Phi) is 6.88. The van der Waals surface area contributed by atoms with E-state index in [0.717, 1.165) is 24.1 Å². The number of benzene rings is 1. The zero-order valence-corrected chi connectivity index (χ0v) is 17.9. The van der Waals surface area contributed by atoms with Crippen molar-refractivity contribution in [3.63, 3.8) is 0 Å². The minimum absolute atomic E-state index is 0.00852. The Morgan fingerprint density at radius 1 is 1.30 bits per heavy atom. The van der Waals surface area contributed by atoms with E-state index >= 15 is 0 Å². The average Bonchev–Trinajstić information content (AvgIpc) is 3.44. The van der Waals surface area contributed by atoms with Crippen LogP contribution in [0.15, 0.2) is 46.2 Å². The fraction of sp³-hybridized carbons (Fsp3) is 0.409. The standard InChI is InChI=1S/C22H26N4O3S/c1-28-12-11-26(15-21-24-25-22(29-21)19-10-5-13-30-19)14-20(27)23-18-9-4-7-16-6-2-3-8-17(16)18/h2-3,5-6,8,10,13,18H,4,7,9,11-12,14-15H2,1H3,(H,23,27). The molecule has 1 unspecified atom stereocenters. The lowest BCUT2D eigenvalue weighted by Crippen LogP contribution is -2.40. The molecule has 0 radical (unpaired) electrons. The van der Waals surface area contributed by atoms with E-state index in [-0.39, 0.29) is 18.5 Å².